The molecule has 3 nitrogen and oxygen atoms in total. The Morgan fingerprint density at radius 2 is 2.06 bits per heavy atom. The summed E-state index contributed by atoms with van der Waals surface area (Å²) < 4.78 is 19.1. The average Bonchev–Trinajstić information content (AvgIpc) is 2.78. The Labute approximate surface area is 105 Å². The lowest BCUT2D eigenvalue weighted by Gasteiger charge is -2.02. The van der Waals surface area contributed by atoms with Crippen molar-refractivity contribution in [3.8, 4) is 11.3 Å². The Kier molecular flexibility index (Phi) is 4.12. The van der Waals surface area contributed by atoms with Gasteiger partial charge in [-0.05, 0) is 31.2 Å². The number of nitrogens with two attached hydrogens (primary N) is 1. The second-order valence-corrected chi connectivity index (χ2v) is 4.32. The van der Waals surface area contributed by atoms with Gasteiger partial charge in [0.05, 0.1) is 11.7 Å². The normalized spacial score (nSPS) is 12.6. The molecule has 1 heterocycles. The van der Waals surface area contributed by atoms with Crippen molar-refractivity contribution >= 4 is 0 Å². The van der Waals surface area contributed by atoms with Crippen LogP contribution in [0.5, 0.6) is 0 Å². The average molecular weight is 250 g/mol. The van der Waals surface area contributed by atoms with Crippen LogP contribution in [0.1, 0.15) is 12.7 Å². The van der Waals surface area contributed by atoms with Crippen LogP contribution in [0.3, 0.4) is 0 Å². The maximum atomic E-state index is 13.5. The van der Waals surface area contributed by atoms with Crippen molar-refractivity contribution in [3.63, 3.8) is 0 Å². The summed E-state index contributed by atoms with van der Waals surface area (Å²) in [5.74, 6) is 1.02. The Hall–Kier alpha value is -1.65. The minimum atomic E-state index is -0.342. The summed E-state index contributed by atoms with van der Waals surface area (Å²) in [4.78, 5) is 0. The smallest absolute Gasteiger partial charge is 0.158 e. The first-order valence-corrected chi connectivity index (χ1v) is 6.00. The molecule has 4 heteroatoms. The van der Waals surface area contributed by atoms with Gasteiger partial charge in [0.2, 0.25) is 0 Å². The van der Waals surface area contributed by atoms with Crippen LogP contribution in [0, 0.1) is 5.82 Å². The lowest BCUT2D eigenvalue weighted by atomic mass is 10.1. The van der Waals surface area contributed by atoms with Crippen LogP contribution >= 0.6 is 0 Å². The number of furan rings is 1. The lowest BCUT2D eigenvalue weighted by molar-refractivity contribution is -0.677. The number of quaternary nitrogens is 1. The molecule has 2 rings (SSSR count). The van der Waals surface area contributed by atoms with Gasteiger partial charge in [-0.25, -0.2) is 4.39 Å². The number of hydrogen-bond acceptors (Lipinski definition) is 2. The van der Waals surface area contributed by atoms with Gasteiger partial charge < -0.3 is 14.8 Å². The van der Waals surface area contributed by atoms with Crippen molar-refractivity contribution in [2.24, 2.45) is 0 Å². The van der Waals surface area contributed by atoms with Crippen LogP contribution in [0.4, 0.5) is 4.39 Å². The van der Waals surface area contributed by atoms with Crippen LogP contribution < -0.4 is 5.32 Å². The van der Waals surface area contributed by atoms with E-state index in [1.54, 1.807) is 31.2 Å². The molecule has 3 N–H and O–H groups in total. The van der Waals surface area contributed by atoms with E-state index >= 15 is 0 Å². The van der Waals surface area contributed by atoms with Crippen LogP contribution in [0.25, 0.3) is 11.3 Å². The fraction of sp³-hybridized carbons (Fsp3) is 0.286. The first kappa shape index (κ1) is 12.8. The van der Waals surface area contributed by atoms with Gasteiger partial charge in [-0.3, -0.25) is 0 Å². The molecular weight excluding hydrogens is 233 g/mol. The fourth-order valence-corrected chi connectivity index (χ4v) is 1.76. The quantitative estimate of drug-likeness (QED) is 0.845. The van der Waals surface area contributed by atoms with Crippen molar-refractivity contribution in [2.75, 3.05) is 6.54 Å². The van der Waals surface area contributed by atoms with Gasteiger partial charge in [-0.15, -0.1) is 0 Å². The molecule has 0 radical (unpaired) electrons. The van der Waals surface area contributed by atoms with Gasteiger partial charge in [0.15, 0.2) is 5.76 Å². The SMILES string of the molecule is C[C@@H](O)C[NH2+]Cc1ccc(-c2ccccc2F)o1. The molecule has 0 saturated carbocycles. The molecule has 0 saturated heterocycles. The highest BCUT2D eigenvalue weighted by Crippen LogP contribution is 2.24. The Morgan fingerprint density at radius 1 is 1.28 bits per heavy atom. The van der Waals surface area contributed by atoms with E-state index in [0.717, 1.165) is 5.76 Å². The molecule has 0 bridgehead atoms. The summed E-state index contributed by atoms with van der Waals surface area (Å²) in [6, 6.07) is 10.1. The second-order valence-electron chi connectivity index (χ2n) is 4.32. The molecular formula is C14H17FNO2+. The zero-order valence-corrected chi connectivity index (χ0v) is 10.3. The minimum absolute atomic E-state index is 0.286. The lowest BCUT2D eigenvalue weighted by Crippen LogP contribution is -2.84. The number of aliphatic hydroxyl groups excluding tert-OH is 1. The molecule has 1 aromatic carbocycles. The molecule has 1 atom stereocenters. The number of benzene rings is 1. The monoisotopic (exact) mass is 250 g/mol. The topological polar surface area (TPSA) is 50.0 Å². The van der Waals surface area contributed by atoms with Gasteiger partial charge in [-0.2, -0.15) is 0 Å². The molecule has 0 amide bonds. The maximum Gasteiger partial charge on any atom is 0.158 e. The van der Waals surface area contributed by atoms with E-state index in [-0.39, 0.29) is 11.9 Å². The Morgan fingerprint density at radius 3 is 2.78 bits per heavy atom. The van der Waals surface area contributed by atoms with Crippen LogP contribution in [-0.4, -0.2) is 17.8 Å². The zero-order valence-electron chi connectivity index (χ0n) is 10.3. The van der Waals surface area contributed by atoms with Crippen LogP contribution in [0.15, 0.2) is 40.8 Å². The van der Waals surface area contributed by atoms with E-state index in [1.165, 1.54) is 6.07 Å². The van der Waals surface area contributed by atoms with Gasteiger partial charge in [-0.1, -0.05) is 12.1 Å². The van der Waals surface area contributed by atoms with Crippen molar-refractivity contribution in [1.82, 2.24) is 0 Å². The van der Waals surface area contributed by atoms with Gasteiger partial charge in [0, 0.05) is 0 Å². The number of halogens is 1. The van der Waals surface area contributed by atoms with Crippen LogP contribution in [0.2, 0.25) is 0 Å². The van der Waals surface area contributed by atoms with E-state index in [4.69, 9.17) is 9.52 Å². The summed E-state index contributed by atoms with van der Waals surface area (Å²) in [7, 11) is 0. The molecule has 0 fully saturated rings. The number of hydrogen-bond donors (Lipinski definition) is 2. The summed E-state index contributed by atoms with van der Waals surface area (Å²) in [6.45, 7) is 3.00. The summed E-state index contributed by atoms with van der Waals surface area (Å²) in [5.41, 5.74) is 0.472. The Balaban J connectivity index is 2.04. The predicted molar refractivity (Wildman–Crippen MR) is 66.3 cm³/mol. The Bertz CT molecular complexity index is 508. The third-order valence-electron chi connectivity index (χ3n) is 2.65. The molecule has 0 aliphatic heterocycles. The third kappa shape index (κ3) is 3.18. The van der Waals surface area contributed by atoms with E-state index in [9.17, 15) is 4.39 Å². The number of rotatable bonds is 5. The van der Waals surface area contributed by atoms with Gasteiger partial charge in [0.1, 0.15) is 24.7 Å². The molecule has 0 unspecified atom stereocenters. The first-order chi connectivity index (χ1) is 8.66. The number of aliphatic hydroxyl groups is 1. The van der Waals surface area contributed by atoms with E-state index in [0.29, 0.717) is 24.4 Å². The molecule has 96 valence electrons. The van der Waals surface area contributed by atoms with Gasteiger partial charge >= 0.3 is 0 Å². The minimum Gasteiger partial charge on any atom is -0.455 e. The summed E-state index contributed by atoms with van der Waals surface area (Å²) >= 11 is 0. The fourth-order valence-electron chi connectivity index (χ4n) is 1.76. The largest absolute Gasteiger partial charge is 0.455 e. The zero-order chi connectivity index (χ0) is 13.0. The van der Waals surface area contributed by atoms with Crippen molar-refractivity contribution in [1.29, 1.82) is 0 Å². The van der Waals surface area contributed by atoms with Crippen molar-refractivity contribution in [3.05, 3.63) is 48.0 Å². The maximum absolute atomic E-state index is 13.5. The van der Waals surface area contributed by atoms with E-state index in [1.807, 2.05) is 11.4 Å². The first-order valence-electron chi connectivity index (χ1n) is 6.00. The van der Waals surface area contributed by atoms with Crippen molar-refractivity contribution < 1.29 is 19.2 Å². The highest BCUT2D eigenvalue weighted by molar-refractivity contribution is 5.58. The molecule has 1 aromatic heterocycles. The molecule has 18 heavy (non-hydrogen) atoms. The summed E-state index contributed by atoms with van der Waals surface area (Å²) in [5, 5.41) is 11.1. The van der Waals surface area contributed by atoms with Crippen LogP contribution in [-0.2, 0) is 6.54 Å². The highest BCUT2D eigenvalue weighted by atomic mass is 19.1. The standard InChI is InChI=1S/C14H16FNO2/c1-10(17)8-16-9-11-6-7-14(18-11)12-4-2-3-5-13(12)15/h2-7,10,16-17H,8-9H2,1H3/p+1/t10-/m1/s1. The highest BCUT2D eigenvalue weighted by Gasteiger charge is 2.10. The summed E-state index contributed by atoms with van der Waals surface area (Å²) in [6.07, 6.45) is -0.342. The molecule has 0 spiro atoms. The third-order valence-corrected chi connectivity index (χ3v) is 2.65. The van der Waals surface area contributed by atoms with E-state index < -0.39 is 0 Å². The second kappa shape index (κ2) is 5.80. The van der Waals surface area contributed by atoms with Crippen molar-refractivity contribution in [2.45, 2.75) is 19.6 Å². The van der Waals surface area contributed by atoms with Gasteiger partial charge in [0.25, 0.3) is 0 Å². The predicted octanol–water partition coefficient (Wildman–Crippen LogP) is 1.53. The van der Waals surface area contributed by atoms with E-state index in [2.05, 4.69) is 0 Å². The molecule has 0 aliphatic rings. The molecule has 0 aliphatic carbocycles. The molecule has 2 aromatic rings.